The van der Waals surface area contributed by atoms with Gasteiger partial charge < -0.3 is 4.57 Å². The lowest BCUT2D eigenvalue weighted by atomic mass is 10.0. The number of rotatable bonds is 4. The summed E-state index contributed by atoms with van der Waals surface area (Å²) < 4.78 is 25.1. The zero-order valence-corrected chi connectivity index (χ0v) is 17.3. The van der Waals surface area contributed by atoms with Crippen LogP contribution in [0.2, 0.25) is 5.02 Å². The van der Waals surface area contributed by atoms with Crippen LogP contribution in [0.1, 0.15) is 5.69 Å². The van der Waals surface area contributed by atoms with E-state index in [0.29, 0.717) is 5.02 Å². The smallest absolute Gasteiger partial charge is 0.238 e. The van der Waals surface area contributed by atoms with Crippen molar-refractivity contribution in [1.29, 1.82) is 0 Å². The van der Waals surface area contributed by atoms with Gasteiger partial charge in [0.15, 0.2) is 0 Å². The van der Waals surface area contributed by atoms with Gasteiger partial charge in [0.1, 0.15) is 0 Å². The summed E-state index contributed by atoms with van der Waals surface area (Å²) in [6.45, 7) is 2.01. The van der Waals surface area contributed by atoms with Gasteiger partial charge in [0.2, 0.25) is 10.0 Å². The van der Waals surface area contributed by atoms with Gasteiger partial charge in [-0.3, -0.25) is 0 Å². The summed E-state index contributed by atoms with van der Waals surface area (Å²) >= 11 is 5.97. The first-order valence-electron chi connectivity index (χ1n) is 9.01. The molecule has 0 saturated carbocycles. The standard InChI is InChI=1S/C23H19ClN2O2S/c1-16-2-15-23(26(16)21-11-13-22(14-12-21)29(25,27)28)19-5-3-17(4-6-19)18-7-9-20(24)10-8-18/h2-15H,1H3,(H2,25,27,28). The molecule has 6 heteroatoms. The highest BCUT2D eigenvalue weighted by molar-refractivity contribution is 7.89. The number of sulfonamides is 1. The van der Waals surface area contributed by atoms with E-state index in [-0.39, 0.29) is 4.90 Å². The van der Waals surface area contributed by atoms with E-state index in [2.05, 4.69) is 34.9 Å². The predicted molar refractivity (Wildman–Crippen MR) is 118 cm³/mol. The summed E-state index contributed by atoms with van der Waals surface area (Å²) in [6.07, 6.45) is 0. The van der Waals surface area contributed by atoms with Gasteiger partial charge in [0.05, 0.1) is 10.6 Å². The predicted octanol–water partition coefficient (Wildman–Crippen LogP) is 5.42. The molecular formula is C23H19ClN2O2S. The molecule has 3 aromatic carbocycles. The lowest BCUT2D eigenvalue weighted by molar-refractivity contribution is 0.598. The summed E-state index contributed by atoms with van der Waals surface area (Å²) in [5, 5.41) is 5.92. The maximum absolute atomic E-state index is 11.5. The van der Waals surface area contributed by atoms with Crippen molar-refractivity contribution in [2.24, 2.45) is 5.14 Å². The Morgan fingerprint density at radius 1 is 0.724 bits per heavy atom. The number of hydrogen-bond donors (Lipinski definition) is 1. The first kappa shape index (κ1) is 19.5. The third-order valence-corrected chi connectivity index (χ3v) is 6.04. The highest BCUT2D eigenvalue weighted by atomic mass is 35.5. The molecule has 146 valence electrons. The number of aryl methyl sites for hydroxylation is 1. The van der Waals surface area contributed by atoms with Crippen molar-refractivity contribution in [1.82, 2.24) is 4.57 Å². The Morgan fingerprint density at radius 3 is 1.79 bits per heavy atom. The molecule has 1 aromatic heterocycles. The van der Waals surface area contributed by atoms with Gasteiger partial charge in [-0.25, -0.2) is 13.6 Å². The third-order valence-electron chi connectivity index (χ3n) is 4.86. The van der Waals surface area contributed by atoms with Crippen molar-refractivity contribution in [2.75, 3.05) is 0 Å². The minimum absolute atomic E-state index is 0.0972. The Kier molecular flexibility index (Phi) is 5.04. The van der Waals surface area contributed by atoms with Crippen LogP contribution in [0, 0.1) is 6.92 Å². The molecule has 2 N–H and O–H groups in total. The third kappa shape index (κ3) is 3.98. The van der Waals surface area contributed by atoms with Crippen molar-refractivity contribution in [3.8, 4) is 28.1 Å². The molecule has 0 radical (unpaired) electrons. The molecule has 0 aliphatic rings. The van der Waals surface area contributed by atoms with Gasteiger partial charge in [0, 0.05) is 16.4 Å². The maximum atomic E-state index is 11.5. The molecule has 0 spiro atoms. The topological polar surface area (TPSA) is 65.1 Å². The van der Waals surface area contributed by atoms with E-state index in [1.807, 2.05) is 37.3 Å². The molecular weight excluding hydrogens is 404 g/mol. The van der Waals surface area contributed by atoms with Crippen molar-refractivity contribution in [3.05, 3.63) is 95.6 Å². The van der Waals surface area contributed by atoms with E-state index < -0.39 is 10.0 Å². The summed E-state index contributed by atoms with van der Waals surface area (Å²) in [4.78, 5) is 0.0972. The molecule has 0 unspecified atom stereocenters. The molecule has 0 bridgehead atoms. The van der Waals surface area contributed by atoms with Crippen molar-refractivity contribution < 1.29 is 8.42 Å². The van der Waals surface area contributed by atoms with E-state index in [9.17, 15) is 8.42 Å². The fourth-order valence-corrected chi connectivity index (χ4v) is 4.01. The highest BCUT2D eigenvalue weighted by Gasteiger charge is 2.12. The number of aromatic nitrogens is 1. The first-order chi connectivity index (χ1) is 13.8. The number of benzene rings is 3. The number of nitrogens with zero attached hydrogens (tertiary/aromatic N) is 1. The van der Waals surface area contributed by atoms with Crippen LogP contribution in [0.15, 0.2) is 89.8 Å². The SMILES string of the molecule is Cc1ccc(-c2ccc(-c3ccc(Cl)cc3)cc2)n1-c1ccc(S(N)(=O)=O)cc1. The molecule has 0 saturated heterocycles. The normalized spacial score (nSPS) is 11.6. The van der Waals surface area contributed by atoms with E-state index in [1.165, 1.54) is 12.1 Å². The lowest BCUT2D eigenvalue weighted by Gasteiger charge is -2.13. The average Bonchev–Trinajstić information content (AvgIpc) is 3.09. The molecule has 29 heavy (non-hydrogen) atoms. The van der Waals surface area contributed by atoms with Crippen molar-refractivity contribution in [3.63, 3.8) is 0 Å². The van der Waals surface area contributed by atoms with E-state index in [4.69, 9.17) is 16.7 Å². The minimum Gasteiger partial charge on any atom is -0.314 e. The van der Waals surface area contributed by atoms with Gasteiger partial charge in [-0.2, -0.15) is 0 Å². The second-order valence-corrected chi connectivity index (χ2v) is 8.82. The molecule has 0 fully saturated rings. The zero-order chi connectivity index (χ0) is 20.6. The van der Waals surface area contributed by atoms with Gasteiger partial charge in [-0.15, -0.1) is 0 Å². The lowest BCUT2D eigenvalue weighted by Crippen LogP contribution is -2.12. The summed E-state index contributed by atoms with van der Waals surface area (Å²) in [5.74, 6) is 0. The second kappa shape index (κ2) is 7.52. The second-order valence-electron chi connectivity index (χ2n) is 6.82. The quantitative estimate of drug-likeness (QED) is 0.477. The first-order valence-corrected chi connectivity index (χ1v) is 10.9. The van der Waals surface area contributed by atoms with Crippen LogP contribution in [0.5, 0.6) is 0 Å². The van der Waals surface area contributed by atoms with Crippen LogP contribution in [0.25, 0.3) is 28.1 Å². The molecule has 0 aliphatic carbocycles. The van der Waals surface area contributed by atoms with E-state index in [1.54, 1.807) is 12.1 Å². The van der Waals surface area contributed by atoms with Gasteiger partial charge in [-0.05, 0) is 72.1 Å². The molecule has 4 rings (SSSR count). The summed E-state index contributed by atoms with van der Waals surface area (Å²) in [6, 6.07) is 26.7. The fraction of sp³-hybridized carbons (Fsp3) is 0.0435. The zero-order valence-electron chi connectivity index (χ0n) is 15.7. The number of hydrogen-bond acceptors (Lipinski definition) is 2. The molecule has 4 aromatic rings. The molecule has 1 heterocycles. The van der Waals surface area contributed by atoms with Crippen LogP contribution in [0.4, 0.5) is 0 Å². The molecule has 4 nitrogen and oxygen atoms in total. The van der Waals surface area contributed by atoms with Crippen LogP contribution >= 0.6 is 11.6 Å². The van der Waals surface area contributed by atoms with Crippen molar-refractivity contribution in [2.45, 2.75) is 11.8 Å². The molecule has 0 amide bonds. The Hall–Kier alpha value is -2.86. The maximum Gasteiger partial charge on any atom is 0.238 e. The number of primary sulfonamides is 1. The Labute approximate surface area is 175 Å². The van der Waals surface area contributed by atoms with Crippen LogP contribution in [0.3, 0.4) is 0 Å². The van der Waals surface area contributed by atoms with Crippen LogP contribution < -0.4 is 5.14 Å². The Morgan fingerprint density at radius 2 is 1.24 bits per heavy atom. The fourth-order valence-electron chi connectivity index (χ4n) is 3.37. The largest absolute Gasteiger partial charge is 0.314 e. The van der Waals surface area contributed by atoms with Gasteiger partial charge in [0.25, 0.3) is 0 Å². The molecule has 0 aliphatic heterocycles. The Bertz CT molecular complexity index is 1260. The van der Waals surface area contributed by atoms with E-state index >= 15 is 0 Å². The van der Waals surface area contributed by atoms with Gasteiger partial charge >= 0.3 is 0 Å². The van der Waals surface area contributed by atoms with Crippen LogP contribution in [-0.4, -0.2) is 13.0 Å². The summed E-state index contributed by atoms with van der Waals surface area (Å²) in [7, 11) is -3.71. The monoisotopic (exact) mass is 422 g/mol. The van der Waals surface area contributed by atoms with Gasteiger partial charge in [-0.1, -0.05) is 48.0 Å². The highest BCUT2D eigenvalue weighted by Crippen LogP contribution is 2.29. The Balaban J connectivity index is 1.71. The number of nitrogens with two attached hydrogens (primary N) is 1. The van der Waals surface area contributed by atoms with Crippen molar-refractivity contribution >= 4 is 21.6 Å². The summed E-state index contributed by atoms with van der Waals surface area (Å²) in [5.41, 5.74) is 6.21. The number of halogens is 1. The van der Waals surface area contributed by atoms with Crippen LogP contribution in [-0.2, 0) is 10.0 Å². The van der Waals surface area contributed by atoms with E-state index in [0.717, 1.165) is 33.8 Å². The molecule has 0 atom stereocenters. The average molecular weight is 423 g/mol. The minimum atomic E-state index is -3.71.